The first-order chi connectivity index (χ1) is 8.75. The van der Waals surface area contributed by atoms with E-state index in [0.29, 0.717) is 5.90 Å². The lowest BCUT2D eigenvalue weighted by molar-refractivity contribution is 0.460. The zero-order valence-electron chi connectivity index (χ0n) is 9.71. The van der Waals surface area contributed by atoms with Crippen LogP contribution in [-0.4, -0.2) is 17.6 Å². The fraction of sp³-hybridized carbons (Fsp3) is 0.231. The largest absolute Gasteiger partial charge is 0.439 e. The van der Waals surface area contributed by atoms with Crippen LogP contribution >= 0.6 is 11.8 Å². The zero-order valence-corrected chi connectivity index (χ0v) is 10.5. The summed E-state index contributed by atoms with van der Waals surface area (Å²) in [6.07, 6.45) is 1.48. The van der Waals surface area contributed by atoms with Gasteiger partial charge >= 0.3 is 0 Å². The lowest BCUT2D eigenvalue weighted by Crippen LogP contribution is -2.30. The molecule has 18 heavy (non-hydrogen) atoms. The number of fused-ring (bicyclic) bond motifs is 1. The Hall–Kier alpha value is -1.62. The predicted octanol–water partition coefficient (Wildman–Crippen LogP) is 3.24. The lowest BCUT2D eigenvalue weighted by atomic mass is 10.0. The van der Waals surface area contributed by atoms with E-state index in [0.717, 1.165) is 5.57 Å². The number of thioether (sulfide) groups is 1. The molecule has 2 aliphatic heterocycles. The highest BCUT2D eigenvalue weighted by molar-refractivity contribution is 8.03. The standard InChI is InChI=1S/C13H11FN2OS/c1-8-6-18-13-11(8)12(15-7-16-13)17-10-5-3-2-4-9(10)14/h2-7,11,13H,1H3. The highest BCUT2D eigenvalue weighted by atomic mass is 32.2. The van der Waals surface area contributed by atoms with Crippen molar-refractivity contribution in [2.45, 2.75) is 12.3 Å². The van der Waals surface area contributed by atoms with Crippen LogP contribution in [0.2, 0.25) is 0 Å². The van der Waals surface area contributed by atoms with Crippen LogP contribution in [-0.2, 0) is 0 Å². The smallest absolute Gasteiger partial charge is 0.206 e. The molecule has 1 aromatic rings. The molecule has 0 fully saturated rings. The topological polar surface area (TPSA) is 34.0 Å². The number of nitrogens with zero attached hydrogens (tertiary/aromatic N) is 2. The Kier molecular flexibility index (Phi) is 2.91. The molecule has 0 aliphatic carbocycles. The number of para-hydroxylation sites is 1. The molecule has 2 atom stereocenters. The van der Waals surface area contributed by atoms with Gasteiger partial charge in [0.05, 0.1) is 5.92 Å². The Bertz CT molecular complexity index is 568. The summed E-state index contributed by atoms with van der Waals surface area (Å²) in [4.78, 5) is 8.42. The summed E-state index contributed by atoms with van der Waals surface area (Å²) < 4.78 is 19.2. The summed E-state index contributed by atoms with van der Waals surface area (Å²) in [5.41, 5.74) is 1.15. The fourth-order valence-electron chi connectivity index (χ4n) is 1.96. The molecule has 2 aliphatic rings. The van der Waals surface area contributed by atoms with E-state index in [2.05, 4.69) is 15.4 Å². The van der Waals surface area contributed by atoms with Crippen LogP contribution < -0.4 is 4.74 Å². The predicted molar refractivity (Wildman–Crippen MR) is 71.6 cm³/mol. The summed E-state index contributed by atoms with van der Waals surface area (Å²) >= 11 is 1.64. The maximum atomic E-state index is 13.6. The van der Waals surface area contributed by atoms with E-state index >= 15 is 0 Å². The molecule has 2 heterocycles. The molecule has 0 saturated carbocycles. The van der Waals surface area contributed by atoms with Gasteiger partial charge in [0.25, 0.3) is 0 Å². The molecule has 1 aromatic carbocycles. The van der Waals surface area contributed by atoms with Gasteiger partial charge in [-0.15, -0.1) is 11.8 Å². The summed E-state index contributed by atoms with van der Waals surface area (Å²) in [5, 5.41) is 2.13. The normalized spacial score (nSPS) is 25.4. The third-order valence-electron chi connectivity index (χ3n) is 2.88. The van der Waals surface area contributed by atoms with E-state index in [1.54, 1.807) is 30.0 Å². The monoisotopic (exact) mass is 262 g/mol. The van der Waals surface area contributed by atoms with Gasteiger partial charge in [-0.2, -0.15) is 0 Å². The first-order valence-electron chi connectivity index (χ1n) is 5.59. The second-order valence-corrected chi connectivity index (χ2v) is 5.12. The van der Waals surface area contributed by atoms with E-state index in [-0.39, 0.29) is 22.9 Å². The molecule has 5 heteroatoms. The van der Waals surface area contributed by atoms with Crippen molar-refractivity contribution in [3.63, 3.8) is 0 Å². The molecule has 3 rings (SSSR count). The quantitative estimate of drug-likeness (QED) is 0.778. The number of ether oxygens (including phenoxy) is 1. The number of aliphatic imine (C=N–C) groups is 2. The summed E-state index contributed by atoms with van der Waals surface area (Å²) in [6, 6.07) is 6.33. The Labute approximate surface area is 108 Å². The minimum absolute atomic E-state index is 0.0135. The van der Waals surface area contributed by atoms with Gasteiger partial charge in [-0.25, -0.2) is 9.38 Å². The second kappa shape index (κ2) is 4.57. The highest BCUT2D eigenvalue weighted by Crippen LogP contribution is 2.39. The summed E-state index contributed by atoms with van der Waals surface area (Å²) in [5.74, 6) is 0.347. The lowest BCUT2D eigenvalue weighted by Gasteiger charge is -2.22. The van der Waals surface area contributed by atoms with E-state index in [9.17, 15) is 4.39 Å². The van der Waals surface area contributed by atoms with Crippen molar-refractivity contribution in [3.05, 3.63) is 41.1 Å². The van der Waals surface area contributed by atoms with Crippen molar-refractivity contribution in [2.75, 3.05) is 0 Å². The number of hydrogen-bond acceptors (Lipinski definition) is 4. The van der Waals surface area contributed by atoms with Crippen LogP contribution in [0.25, 0.3) is 0 Å². The van der Waals surface area contributed by atoms with Crippen molar-refractivity contribution in [3.8, 4) is 5.75 Å². The maximum absolute atomic E-state index is 13.6. The van der Waals surface area contributed by atoms with Gasteiger partial charge in [0.2, 0.25) is 5.90 Å². The molecule has 0 aromatic heterocycles. The van der Waals surface area contributed by atoms with E-state index in [4.69, 9.17) is 4.74 Å². The number of benzene rings is 1. The number of hydrogen-bond donors (Lipinski definition) is 0. The van der Waals surface area contributed by atoms with Crippen molar-refractivity contribution in [1.29, 1.82) is 0 Å². The summed E-state index contributed by atoms with van der Waals surface area (Å²) in [7, 11) is 0. The first kappa shape index (κ1) is 11.5. The van der Waals surface area contributed by atoms with Crippen molar-refractivity contribution < 1.29 is 9.13 Å². The van der Waals surface area contributed by atoms with Crippen LogP contribution in [0.3, 0.4) is 0 Å². The highest BCUT2D eigenvalue weighted by Gasteiger charge is 2.35. The van der Waals surface area contributed by atoms with Gasteiger partial charge in [-0.1, -0.05) is 17.7 Å². The maximum Gasteiger partial charge on any atom is 0.206 e. The Morgan fingerprint density at radius 3 is 3.00 bits per heavy atom. The van der Waals surface area contributed by atoms with E-state index in [1.165, 1.54) is 12.4 Å². The van der Waals surface area contributed by atoms with Crippen LogP contribution in [0, 0.1) is 11.7 Å². The van der Waals surface area contributed by atoms with Gasteiger partial charge in [0.15, 0.2) is 11.6 Å². The molecule has 3 nitrogen and oxygen atoms in total. The second-order valence-electron chi connectivity index (χ2n) is 4.13. The van der Waals surface area contributed by atoms with Gasteiger partial charge in [-0.3, -0.25) is 4.99 Å². The van der Waals surface area contributed by atoms with E-state index < -0.39 is 0 Å². The Morgan fingerprint density at radius 2 is 2.17 bits per heavy atom. The molecule has 0 spiro atoms. The average molecular weight is 262 g/mol. The van der Waals surface area contributed by atoms with Gasteiger partial charge in [-0.05, 0) is 24.5 Å². The Balaban J connectivity index is 1.88. The molecule has 0 saturated heterocycles. The Morgan fingerprint density at radius 1 is 1.33 bits per heavy atom. The third kappa shape index (κ3) is 1.95. The van der Waals surface area contributed by atoms with Crippen LogP contribution in [0.4, 0.5) is 4.39 Å². The number of halogens is 1. The third-order valence-corrected chi connectivity index (χ3v) is 4.07. The molecular formula is C13H11FN2OS. The first-order valence-corrected chi connectivity index (χ1v) is 6.54. The minimum atomic E-state index is -0.383. The average Bonchev–Trinajstić information content (AvgIpc) is 2.75. The van der Waals surface area contributed by atoms with Gasteiger partial charge in [0, 0.05) is 0 Å². The van der Waals surface area contributed by atoms with Crippen molar-refractivity contribution in [2.24, 2.45) is 15.9 Å². The zero-order chi connectivity index (χ0) is 12.5. The van der Waals surface area contributed by atoms with Crippen molar-refractivity contribution in [1.82, 2.24) is 0 Å². The minimum Gasteiger partial charge on any atom is -0.439 e. The molecular weight excluding hydrogens is 251 g/mol. The molecule has 0 amide bonds. The fourth-order valence-corrected chi connectivity index (χ4v) is 3.07. The molecule has 0 bridgehead atoms. The molecule has 92 valence electrons. The van der Waals surface area contributed by atoms with Crippen LogP contribution in [0.1, 0.15) is 6.92 Å². The van der Waals surface area contributed by atoms with Crippen molar-refractivity contribution >= 4 is 24.0 Å². The molecule has 0 radical (unpaired) electrons. The molecule has 0 N–H and O–H groups in total. The SMILES string of the molecule is CC1=CSC2N=CN=C(Oc3ccccc3F)C12. The molecule has 2 unspecified atom stereocenters. The van der Waals surface area contributed by atoms with Crippen LogP contribution in [0.15, 0.2) is 45.2 Å². The summed E-state index contributed by atoms with van der Waals surface area (Å²) in [6.45, 7) is 2.01. The number of rotatable bonds is 1. The van der Waals surface area contributed by atoms with E-state index in [1.807, 2.05) is 6.92 Å². The van der Waals surface area contributed by atoms with Crippen LogP contribution in [0.5, 0.6) is 5.75 Å². The van der Waals surface area contributed by atoms with Gasteiger partial charge in [0.1, 0.15) is 11.7 Å². The van der Waals surface area contributed by atoms with Gasteiger partial charge < -0.3 is 4.74 Å².